The summed E-state index contributed by atoms with van der Waals surface area (Å²) in [4.78, 5) is 25.1. The number of thioether (sulfide) groups is 1. The van der Waals surface area contributed by atoms with Crippen molar-refractivity contribution in [3.8, 4) is 11.5 Å². The number of ether oxygens (including phenoxy) is 2. The summed E-state index contributed by atoms with van der Waals surface area (Å²) in [6.07, 6.45) is 3.14. The van der Waals surface area contributed by atoms with Crippen molar-refractivity contribution in [2.45, 2.75) is 44.9 Å². The van der Waals surface area contributed by atoms with E-state index in [1.54, 1.807) is 32.4 Å². The fourth-order valence-corrected chi connectivity index (χ4v) is 5.01. The molecule has 3 aromatic rings. The quantitative estimate of drug-likeness (QED) is 0.160. The third kappa shape index (κ3) is 7.97. The molecule has 0 aliphatic rings. The van der Waals surface area contributed by atoms with Gasteiger partial charge in [0.2, 0.25) is 11.8 Å². The molecule has 0 fully saturated rings. The van der Waals surface area contributed by atoms with Crippen molar-refractivity contribution >= 4 is 57.9 Å². The molecule has 0 radical (unpaired) electrons. The molecule has 0 unspecified atom stereocenters. The average molecular weight is 650 g/mol. The van der Waals surface area contributed by atoms with Gasteiger partial charge in [-0.05, 0) is 83.0 Å². The second-order valence-corrected chi connectivity index (χ2v) is 10.7. The summed E-state index contributed by atoms with van der Waals surface area (Å²) in [6, 6.07) is 11.4. The first kappa shape index (κ1) is 29.5. The second kappa shape index (κ2) is 14.2. The van der Waals surface area contributed by atoms with Gasteiger partial charge >= 0.3 is 0 Å². The van der Waals surface area contributed by atoms with Gasteiger partial charge in [-0.25, -0.2) is 0 Å². The predicted octanol–water partition coefficient (Wildman–Crippen LogP) is 5.10. The maximum absolute atomic E-state index is 12.7. The largest absolute Gasteiger partial charge is 0.493 e. The summed E-state index contributed by atoms with van der Waals surface area (Å²) in [7, 11) is 3.13. The van der Waals surface area contributed by atoms with Crippen LogP contribution in [0.25, 0.3) is 6.08 Å². The van der Waals surface area contributed by atoms with Crippen molar-refractivity contribution < 1.29 is 19.1 Å². The van der Waals surface area contributed by atoms with Crippen LogP contribution in [-0.4, -0.2) is 46.6 Å². The van der Waals surface area contributed by atoms with E-state index in [0.717, 1.165) is 20.4 Å². The summed E-state index contributed by atoms with van der Waals surface area (Å²) in [5, 5.41) is 14.9. The fourth-order valence-electron chi connectivity index (χ4n) is 3.67. The highest BCUT2D eigenvalue weighted by molar-refractivity contribution is 14.1. The second-order valence-electron chi connectivity index (χ2n) is 8.53. The third-order valence-corrected chi connectivity index (χ3v) is 7.24. The number of benzene rings is 2. The van der Waals surface area contributed by atoms with E-state index in [0.29, 0.717) is 34.9 Å². The summed E-state index contributed by atoms with van der Waals surface area (Å²) in [5.74, 6) is 1.93. The normalized spacial score (nSPS) is 11.1. The lowest BCUT2D eigenvalue weighted by atomic mass is 10.0. The Morgan fingerprint density at radius 1 is 1.11 bits per heavy atom. The number of hydrogen-bond acceptors (Lipinski definition) is 7. The molecule has 2 aromatic carbocycles. The molecule has 0 saturated heterocycles. The maximum atomic E-state index is 12.7. The Labute approximate surface area is 240 Å². The van der Waals surface area contributed by atoms with Gasteiger partial charge in [0.1, 0.15) is 0 Å². The minimum Gasteiger partial charge on any atom is -0.493 e. The molecule has 0 spiro atoms. The minimum absolute atomic E-state index is 0.112. The summed E-state index contributed by atoms with van der Waals surface area (Å²) < 4.78 is 13.5. The zero-order chi connectivity index (χ0) is 27.7. The number of anilines is 1. The smallest absolute Gasteiger partial charge is 0.244 e. The van der Waals surface area contributed by atoms with Gasteiger partial charge in [-0.2, -0.15) is 0 Å². The van der Waals surface area contributed by atoms with E-state index in [1.807, 2.05) is 29.7 Å². The van der Waals surface area contributed by atoms with Gasteiger partial charge < -0.3 is 24.7 Å². The lowest BCUT2D eigenvalue weighted by Gasteiger charge is -2.14. The van der Waals surface area contributed by atoms with E-state index in [1.165, 1.54) is 17.8 Å². The Morgan fingerprint density at radius 3 is 2.55 bits per heavy atom. The minimum atomic E-state index is -0.266. The molecule has 3 rings (SSSR count). The molecule has 0 aliphatic carbocycles. The lowest BCUT2D eigenvalue weighted by Crippen LogP contribution is -2.22. The number of rotatable bonds is 12. The molecule has 1 heterocycles. The summed E-state index contributed by atoms with van der Waals surface area (Å²) in [6.45, 7) is 7.00. The Morgan fingerprint density at radius 2 is 1.87 bits per heavy atom. The Hall–Kier alpha value is -3.06. The molecule has 9 nitrogen and oxygen atoms in total. The number of carbonyl (C=O) groups is 2. The van der Waals surface area contributed by atoms with Crippen molar-refractivity contribution in [2.24, 2.45) is 0 Å². The number of nitrogens with zero attached hydrogens (tertiary/aromatic N) is 3. The van der Waals surface area contributed by atoms with Gasteiger partial charge in [0.15, 0.2) is 22.5 Å². The molecule has 2 amide bonds. The first-order valence-electron chi connectivity index (χ1n) is 12.1. The van der Waals surface area contributed by atoms with Gasteiger partial charge in [-0.15, -0.1) is 10.2 Å². The van der Waals surface area contributed by atoms with E-state index in [-0.39, 0.29) is 24.1 Å². The number of amides is 2. The molecular formula is C27H32IN5O4S. The van der Waals surface area contributed by atoms with Crippen molar-refractivity contribution in [2.75, 3.05) is 25.3 Å². The number of halogens is 1. The van der Waals surface area contributed by atoms with Gasteiger partial charge in [-0.1, -0.05) is 31.7 Å². The summed E-state index contributed by atoms with van der Waals surface area (Å²) in [5.41, 5.74) is 2.73. The average Bonchev–Trinajstić information content (AvgIpc) is 3.31. The lowest BCUT2D eigenvalue weighted by molar-refractivity contribution is -0.116. The molecule has 0 bridgehead atoms. The number of aromatic nitrogens is 3. The zero-order valence-corrected chi connectivity index (χ0v) is 25.1. The highest BCUT2D eigenvalue weighted by Crippen LogP contribution is 2.28. The van der Waals surface area contributed by atoms with Crippen LogP contribution in [0.1, 0.15) is 43.6 Å². The van der Waals surface area contributed by atoms with Crippen LogP contribution >= 0.6 is 34.4 Å². The summed E-state index contributed by atoms with van der Waals surface area (Å²) >= 11 is 3.59. The van der Waals surface area contributed by atoms with Crippen LogP contribution in [-0.2, 0) is 22.7 Å². The van der Waals surface area contributed by atoms with Crippen LogP contribution in [0.4, 0.5) is 5.69 Å². The van der Waals surface area contributed by atoms with E-state index in [2.05, 4.69) is 63.3 Å². The first-order chi connectivity index (χ1) is 18.2. The van der Waals surface area contributed by atoms with Gasteiger partial charge in [-0.3, -0.25) is 9.59 Å². The van der Waals surface area contributed by atoms with Crippen molar-refractivity contribution in [3.05, 3.63) is 63.0 Å². The topological polar surface area (TPSA) is 107 Å². The van der Waals surface area contributed by atoms with Crippen LogP contribution in [0, 0.1) is 3.57 Å². The van der Waals surface area contributed by atoms with Crippen LogP contribution in [0.3, 0.4) is 0 Å². The predicted molar refractivity (Wildman–Crippen MR) is 159 cm³/mol. The Balaban J connectivity index is 1.56. The first-order valence-corrected chi connectivity index (χ1v) is 14.1. The van der Waals surface area contributed by atoms with Gasteiger partial charge in [0, 0.05) is 21.9 Å². The van der Waals surface area contributed by atoms with Crippen molar-refractivity contribution in [1.82, 2.24) is 20.1 Å². The molecule has 0 aliphatic heterocycles. The fraction of sp³-hybridized carbons (Fsp3) is 0.333. The number of hydrogen-bond donors (Lipinski definition) is 2. The third-order valence-electron chi connectivity index (χ3n) is 5.61. The molecule has 11 heteroatoms. The van der Waals surface area contributed by atoms with E-state index >= 15 is 0 Å². The van der Waals surface area contributed by atoms with Gasteiger partial charge in [0.05, 0.1) is 26.5 Å². The van der Waals surface area contributed by atoms with Gasteiger partial charge in [0.25, 0.3) is 0 Å². The molecule has 202 valence electrons. The van der Waals surface area contributed by atoms with E-state index in [4.69, 9.17) is 9.47 Å². The highest BCUT2D eigenvalue weighted by atomic mass is 127. The SMILES string of the molecule is CCn1c(CNC(=O)C=Cc2ccc(OC)c(OC)c2)nnc1SCC(=O)Nc1ccc(I)cc1C(C)C. The molecule has 0 saturated carbocycles. The Kier molecular flexibility index (Phi) is 11.0. The number of methoxy groups -OCH3 is 2. The number of nitrogens with one attached hydrogen (secondary N) is 2. The van der Waals surface area contributed by atoms with Crippen molar-refractivity contribution in [3.63, 3.8) is 0 Å². The Bertz CT molecular complexity index is 1310. The molecule has 2 N–H and O–H groups in total. The molecular weight excluding hydrogens is 617 g/mol. The van der Waals surface area contributed by atoms with Crippen LogP contribution in [0.2, 0.25) is 0 Å². The standard InChI is InChI=1S/C27H32IN5O4S/c1-6-33-24(15-29-25(34)12-8-18-7-11-22(36-4)23(13-18)37-5)31-32-27(33)38-16-26(35)30-21-10-9-19(28)14-20(21)17(2)3/h7-14,17H,6,15-16H2,1-5H3,(H,29,34)(H,30,35). The van der Waals surface area contributed by atoms with Crippen LogP contribution in [0.5, 0.6) is 11.5 Å². The van der Waals surface area contributed by atoms with E-state index in [9.17, 15) is 9.59 Å². The number of carbonyl (C=O) groups excluding carboxylic acids is 2. The van der Waals surface area contributed by atoms with Crippen molar-refractivity contribution in [1.29, 1.82) is 0 Å². The molecule has 1 aromatic heterocycles. The zero-order valence-electron chi connectivity index (χ0n) is 22.1. The molecule has 0 atom stereocenters. The van der Waals surface area contributed by atoms with Crippen LogP contribution in [0.15, 0.2) is 47.6 Å². The monoisotopic (exact) mass is 649 g/mol. The van der Waals surface area contributed by atoms with Crippen LogP contribution < -0.4 is 20.1 Å². The molecule has 38 heavy (non-hydrogen) atoms. The highest BCUT2D eigenvalue weighted by Gasteiger charge is 2.15. The maximum Gasteiger partial charge on any atom is 0.244 e. The van der Waals surface area contributed by atoms with E-state index < -0.39 is 0 Å².